The topological polar surface area (TPSA) is 6.48 Å². The molecule has 0 radical (unpaired) electrons. The predicted molar refractivity (Wildman–Crippen MR) is 228 cm³/mol. The minimum Gasteiger partial charge on any atom is -0.310 e. The molecular formula is C50H32N2S. The fraction of sp³-hybridized carbons (Fsp3) is 0. The summed E-state index contributed by atoms with van der Waals surface area (Å²) in [4.78, 5) is 4.76. The van der Waals surface area contributed by atoms with Crippen LogP contribution in [-0.2, 0) is 0 Å². The number of rotatable bonds is 6. The summed E-state index contributed by atoms with van der Waals surface area (Å²) in [5.74, 6) is 0. The van der Waals surface area contributed by atoms with Crippen LogP contribution in [0.25, 0.3) is 64.0 Å². The Bertz CT molecular complexity index is 2960. The Hall–Kier alpha value is -6.68. The van der Waals surface area contributed by atoms with Crippen LogP contribution in [0.5, 0.6) is 0 Å². The molecule has 0 atom stereocenters. The van der Waals surface area contributed by atoms with Crippen molar-refractivity contribution in [2.75, 3.05) is 9.80 Å². The molecule has 1 aliphatic carbocycles. The fourth-order valence-corrected chi connectivity index (χ4v) is 9.35. The highest BCUT2D eigenvalue weighted by atomic mass is 32.1. The summed E-state index contributed by atoms with van der Waals surface area (Å²) in [5.41, 5.74) is 12.2. The maximum Gasteiger partial charge on any atom is 0.0554 e. The summed E-state index contributed by atoms with van der Waals surface area (Å²) in [6.07, 6.45) is 0. The molecule has 11 rings (SSSR count). The summed E-state index contributed by atoms with van der Waals surface area (Å²) < 4.78 is 2.61. The van der Waals surface area contributed by atoms with Crippen LogP contribution < -0.4 is 9.80 Å². The lowest BCUT2D eigenvalue weighted by atomic mass is 9.78. The monoisotopic (exact) mass is 692 g/mol. The average molecular weight is 693 g/mol. The smallest absolute Gasteiger partial charge is 0.0554 e. The molecule has 248 valence electrons. The van der Waals surface area contributed by atoms with E-state index < -0.39 is 0 Å². The van der Waals surface area contributed by atoms with Crippen molar-refractivity contribution in [3.63, 3.8) is 0 Å². The Labute approximate surface area is 312 Å². The van der Waals surface area contributed by atoms with Gasteiger partial charge in [-0.05, 0) is 147 Å². The molecule has 0 saturated heterocycles. The normalized spacial score (nSPS) is 11.8. The van der Waals surface area contributed by atoms with Crippen molar-refractivity contribution in [1.29, 1.82) is 0 Å². The van der Waals surface area contributed by atoms with Crippen molar-refractivity contribution < 1.29 is 0 Å². The second kappa shape index (κ2) is 11.9. The Morgan fingerprint density at radius 1 is 0.302 bits per heavy atom. The molecule has 1 heterocycles. The molecule has 10 aromatic rings. The minimum atomic E-state index is 1.14. The molecule has 1 aliphatic rings. The molecule has 2 nitrogen and oxygen atoms in total. The van der Waals surface area contributed by atoms with Gasteiger partial charge in [0.25, 0.3) is 0 Å². The van der Waals surface area contributed by atoms with Crippen LogP contribution in [0.1, 0.15) is 0 Å². The third kappa shape index (κ3) is 4.86. The Morgan fingerprint density at radius 3 is 1.32 bits per heavy atom. The number of anilines is 6. The van der Waals surface area contributed by atoms with Gasteiger partial charge in [-0.25, -0.2) is 0 Å². The van der Waals surface area contributed by atoms with Crippen LogP contribution in [0.15, 0.2) is 194 Å². The minimum absolute atomic E-state index is 1.14. The number of hydrogen-bond acceptors (Lipinski definition) is 3. The predicted octanol–water partition coefficient (Wildman–Crippen LogP) is 14.9. The van der Waals surface area contributed by atoms with Gasteiger partial charge < -0.3 is 9.80 Å². The fourth-order valence-electron chi connectivity index (χ4n) is 8.23. The van der Waals surface area contributed by atoms with Gasteiger partial charge >= 0.3 is 0 Å². The second-order valence-electron chi connectivity index (χ2n) is 13.8. The van der Waals surface area contributed by atoms with Gasteiger partial charge in [0.1, 0.15) is 0 Å². The number of nitrogens with zero attached hydrogens (tertiary/aromatic N) is 2. The van der Waals surface area contributed by atoms with Gasteiger partial charge in [-0.2, -0.15) is 0 Å². The zero-order valence-electron chi connectivity index (χ0n) is 28.8. The summed E-state index contributed by atoms with van der Waals surface area (Å²) in [6.45, 7) is 0. The molecule has 0 aliphatic heterocycles. The summed E-state index contributed by atoms with van der Waals surface area (Å²) in [7, 11) is 0. The van der Waals surface area contributed by atoms with Gasteiger partial charge in [-0.1, -0.05) is 91.0 Å². The molecule has 1 aromatic heterocycles. The van der Waals surface area contributed by atoms with E-state index in [1.807, 2.05) is 11.3 Å². The van der Waals surface area contributed by atoms with E-state index in [0.29, 0.717) is 0 Å². The molecule has 0 fully saturated rings. The third-order valence-corrected chi connectivity index (χ3v) is 11.8. The van der Waals surface area contributed by atoms with Crippen molar-refractivity contribution >= 4 is 87.2 Å². The van der Waals surface area contributed by atoms with E-state index in [2.05, 4.69) is 204 Å². The zero-order chi connectivity index (χ0) is 34.9. The van der Waals surface area contributed by atoms with Crippen molar-refractivity contribution in [3.8, 4) is 22.3 Å². The van der Waals surface area contributed by atoms with E-state index >= 15 is 0 Å². The molecule has 0 N–H and O–H groups in total. The molecule has 0 bridgehead atoms. The van der Waals surface area contributed by atoms with Crippen LogP contribution >= 0.6 is 11.3 Å². The molecule has 9 aromatic carbocycles. The van der Waals surface area contributed by atoms with Gasteiger partial charge in [0, 0.05) is 48.6 Å². The van der Waals surface area contributed by atoms with E-state index in [0.717, 1.165) is 28.4 Å². The van der Waals surface area contributed by atoms with E-state index in [1.165, 1.54) is 69.7 Å². The summed E-state index contributed by atoms with van der Waals surface area (Å²) >= 11 is 1.86. The first-order valence-corrected chi connectivity index (χ1v) is 18.9. The van der Waals surface area contributed by atoms with Gasteiger partial charge in [-0.3, -0.25) is 0 Å². The first kappa shape index (κ1) is 30.0. The molecular weight excluding hydrogens is 661 g/mol. The first-order chi connectivity index (χ1) is 26.3. The maximum atomic E-state index is 2.42. The van der Waals surface area contributed by atoms with Crippen molar-refractivity contribution in [2.45, 2.75) is 0 Å². The van der Waals surface area contributed by atoms with Gasteiger partial charge in [0.2, 0.25) is 0 Å². The number of para-hydroxylation sites is 3. The molecule has 0 amide bonds. The van der Waals surface area contributed by atoms with E-state index in [9.17, 15) is 0 Å². The quantitative estimate of drug-likeness (QED) is 0.171. The lowest BCUT2D eigenvalue weighted by molar-refractivity contribution is 1.29. The van der Waals surface area contributed by atoms with Gasteiger partial charge in [-0.15, -0.1) is 11.3 Å². The van der Waals surface area contributed by atoms with E-state index in [-0.39, 0.29) is 0 Å². The van der Waals surface area contributed by atoms with Crippen molar-refractivity contribution in [2.24, 2.45) is 0 Å². The lowest BCUT2D eigenvalue weighted by Gasteiger charge is -2.29. The third-order valence-electron chi connectivity index (χ3n) is 10.7. The van der Waals surface area contributed by atoms with Gasteiger partial charge in [0.05, 0.1) is 5.69 Å². The van der Waals surface area contributed by atoms with Crippen molar-refractivity contribution in [1.82, 2.24) is 0 Å². The molecule has 3 heteroatoms. The zero-order valence-corrected chi connectivity index (χ0v) is 29.6. The maximum absolute atomic E-state index is 2.42. The largest absolute Gasteiger partial charge is 0.310 e. The Balaban J connectivity index is 1.01. The average Bonchev–Trinajstić information content (AvgIpc) is 3.61. The van der Waals surface area contributed by atoms with Crippen LogP contribution in [0.2, 0.25) is 0 Å². The highest BCUT2D eigenvalue weighted by Crippen LogP contribution is 2.52. The number of benzene rings is 9. The van der Waals surface area contributed by atoms with Crippen molar-refractivity contribution in [3.05, 3.63) is 194 Å². The Morgan fingerprint density at radius 2 is 0.755 bits per heavy atom. The second-order valence-corrected chi connectivity index (χ2v) is 14.9. The molecule has 0 saturated carbocycles. The highest BCUT2D eigenvalue weighted by molar-refractivity contribution is 7.26. The summed E-state index contributed by atoms with van der Waals surface area (Å²) in [5, 5.41) is 7.58. The van der Waals surface area contributed by atoms with Crippen LogP contribution in [0.3, 0.4) is 0 Å². The van der Waals surface area contributed by atoms with E-state index in [1.54, 1.807) is 0 Å². The first-order valence-electron chi connectivity index (χ1n) is 18.1. The van der Waals surface area contributed by atoms with Crippen LogP contribution in [0.4, 0.5) is 34.1 Å². The van der Waals surface area contributed by atoms with E-state index in [4.69, 9.17) is 0 Å². The number of thiophene rings is 1. The van der Waals surface area contributed by atoms with Crippen LogP contribution in [0, 0.1) is 0 Å². The number of fused-ring (bicyclic) bond motifs is 9. The Kier molecular flexibility index (Phi) is 6.76. The standard InChI is InChI=1S/C50H32N2S/c1-4-13-37(14-5-1)51(38-15-6-2-7-16-38)40-25-23-33-29-43-45(31-35(33)27-40)44-30-34-24-26-41(28-36(34)32-46(43)44)52(39-17-8-3-9-18-39)47-20-12-22-49-50(47)42-19-10-11-21-48(42)53-49/h1-32H. The molecule has 0 spiro atoms. The SMILES string of the molecule is c1ccc(N(c2ccccc2)c2ccc3cc4c(cc3c2)-c2cc3ccc(N(c5ccccc5)c5cccc6sc7ccccc7c56)cc3cc2-4)cc1. The highest BCUT2D eigenvalue weighted by Gasteiger charge is 2.25. The number of hydrogen-bond donors (Lipinski definition) is 0. The van der Waals surface area contributed by atoms with Gasteiger partial charge in [0.15, 0.2) is 0 Å². The summed E-state index contributed by atoms with van der Waals surface area (Å²) in [6, 6.07) is 70.8. The molecule has 53 heavy (non-hydrogen) atoms. The lowest BCUT2D eigenvalue weighted by Crippen LogP contribution is -2.10. The van der Waals surface area contributed by atoms with Crippen LogP contribution in [-0.4, -0.2) is 0 Å². The molecule has 0 unspecified atom stereocenters.